The molecular formula is C38H40Cl2N8O3. The summed E-state index contributed by atoms with van der Waals surface area (Å²) in [5.74, 6) is 1.35. The third kappa shape index (κ3) is 7.80. The summed E-state index contributed by atoms with van der Waals surface area (Å²) >= 11 is 12.8. The van der Waals surface area contributed by atoms with Gasteiger partial charge in [0, 0.05) is 44.7 Å². The van der Waals surface area contributed by atoms with Crippen molar-refractivity contribution in [2.45, 2.75) is 31.3 Å². The van der Waals surface area contributed by atoms with Gasteiger partial charge in [0.25, 0.3) is 5.91 Å². The molecule has 0 N–H and O–H groups in total. The number of furan rings is 1. The van der Waals surface area contributed by atoms with Crippen molar-refractivity contribution >= 4 is 52.3 Å². The summed E-state index contributed by atoms with van der Waals surface area (Å²) in [5, 5.41) is 12.7. The number of rotatable bonds is 12. The molecule has 11 nitrogen and oxygen atoms in total. The molecule has 0 aliphatic carbocycles. The molecule has 2 aliphatic rings. The number of carbonyl (C=O) groups is 1. The number of aromatic nitrogens is 2. The lowest BCUT2D eigenvalue weighted by atomic mass is 9.94. The number of anilines is 1. The minimum atomic E-state index is -0.322. The monoisotopic (exact) mass is 726 g/mol. The van der Waals surface area contributed by atoms with Gasteiger partial charge >= 0.3 is 0 Å². The van der Waals surface area contributed by atoms with Crippen molar-refractivity contribution < 1.29 is 13.9 Å². The van der Waals surface area contributed by atoms with Crippen LogP contribution < -0.4 is 9.64 Å². The fourth-order valence-electron chi connectivity index (χ4n) is 6.94. The van der Waals surface area contributed by atoms with Crippen LogP contribution in [0.3, 0.4) is 0 Å². The van der Waals surface area contributed by atoms with E-state index in [4.69, 9.17) is 37.3 Å². The lowest BCUT2D eigenvalue weighted by Crippen LogP contribution is -2.35. The summed E-state index contributed by atoms with van der Waals surface area (Å²) < 4.78 is 13.3. The van der Waals surface area contributed by atoms with E-state index >= 15 is 0 Å². The van der Waals surface area contributed by atoms with Gasteiger partial charge in [-0.2, -0.15) is 5.11 Å². The van der Waals surface area contributed by atoms with Gasteiger partial charge in [-0.25, -0.2) is 4.98 Å². The molecule has 1 saturated heterocycles. The van der Waals surface area contributed by atoms with E-state index in [1.807, 2.05) is 49.5 Å². The molecule has 264 valence electrons. The number of likely N-dealkylation sites (N-methyl/N-ethyl adjacent to an activating group) is 1. The average molecular weight is 728 g/mol. The molecule has 3 aromatic carbocycles. The predicted octanol–water partition coefficient (Wildman–Crippen LogP) is 7.94. The number of methoxy groups -OCH3 is 1. The van der Waals surface area contributed by atoms with Crippen molar-refractivity contribution in [3.63, 3.8) is 0 Å². The van der Waals surface area contributed by atoms with Crippen molar-refractivity contribution in [1.29, 1.82) is 0 Å². The zero-order valence-electron chi connectivity index (χ0n) is 28.7. The number of carbonyl (C=O) groups excluding carboxylic acids is 1. The minimum absolute atomic E-state index is 0.0113. The van der Waals surface area contributed by atoms with Crippen molar-refractivity contribution in [2.75, 3.05) is 58.3 Å². The molecule has 2 atom stereocenters. The zero-order valence-corrected chi connectivity index (χ0v) is 30.2. The second-order valence-electron chi connectivity index (χ2n) is 13.0. The lowest BCUT2D eigenvalue weighted by molar-refractivity contribution is 0.0779. The Kier molecular flexibility index (Phi) is 10.7. The second kappa shape index (κ2) is 15.7. The summed E-state index contributed by atoms with van der Waals surface area (Å²) in [6.07, 6.45) is 6.99. The SMILES string of the molecule is COc1ccc(C2C=NN=N2)cc1C(=O)N(C)CC(CCN1CCCN(c2nc3ccccc3n2Cc2ccoc2)CC1)c1ccc(Cl)c(Cl)c1. The molecule has 1 amide bonds. The molecule has 0 spiro atoms. The van der Waals surface area contributed by atoms with E-state index in [9.17, 15) is 4.79 Å². The van der Waals surface area contributed by atoms with Gasteiger partial charge in [0.05, 0.1) is 59.0 Å². The Bertz CT molecular complexity index is 2030. The number of imidazole rings is 1. The van der Waals surface area contributed by atoms with E-state index in [1.165, 1.54) is 0 Å². The molecule has 51 heavy (non-hydrogen) atoms. The van der Waals surface area contributed by atoms with Crippen LogP contribution in [0, 0.1) is 0 Å². The number of ether oxygens (including phenoxy) is 1. The fourth-order valence-corrected chi connectivity index (χ4v) is 7.25. The average Bonchev–Trinajstić information content (AvgIpc) is 3.92. The summed E-state index contributed by atoms with van der Waals surface area (Å²) in [5.41, 5.74) is 5.53. The molecule has 4 heterocycles. The Morgan fingerprint density at radius 3 is 2.71 bits per heavy atom. The molecule has 0 saturated carbocycles. The van der Waals surface area contributed by atoms with E-state index in [1.54, 1.807) is 36.8 Å². The van der Waals surface area contributed by atoms with Crippen molar-refractivity contribution in [2.24, 2.45) is 15.4 Å². The Hall–Kier alpha value is -4.71. The highest BCUT2D eigenvalue weighted by molar-refractivity contribution is 6.42. The molecule has 1 fully saturated rings. The van der Waals surface area contributed by atoms with Gasteiger partial charge in [0.2, 0.25) is 5.95 Å². The number of para-hydroxylation sites is 2. The standard InChI is InChI=1S/C38H40Cl2N8O3/c1-45(37(49)30-20-28(9-11-36(30)50-2)34-22-41-44-43-34)24-29(27-8-10-31(39)32(40)21-27)12-16-46-14-5-15-47(18-17-46)38-42-33-6-3-4-7-35(33)48(38)23-26-13-19-51-25-26/h3-4,6-11,13,19-22,25,29,34H,5,12,14-18,23-24H2,1-2H3. The van der Waals surface area contributed by atoms with Crippen LogP contribution in [0.5, 0.6) is 5.75 Å². The normalized spacial score (nSPS) is 16.9. The van der Waals surface area contributed by atoms with E-state index in [-0.39, 0.29) is 17.9 Å². The highest BCUT2D eigenvalue weighted by Gasteiger charge is 2.26. The fraction of sp³-hybridized carbons (Fsp3) is 0.342. The Balaban J connectivity index is 1.06. The van der Waals surface area contributed by atoms with Gasteiger partial charge in [-0.3, -0.25) is 4.79 Å². The number of hydrogen-bond donors (Lipinski definition) is 0. The van der Waals surface area contributed by atoms with Crippen LogP contribution >= 0.6 is 23.2 Å². The van der Waals surface area contributed by atoms with Gasteiger partial charge in [0.15, 0.2) is 0 Å². The highest BCUT2D eigenvalue weighted by Crippen LogP contribution is 2.32. The minimum Gasteiger partial charge on any atom is -0.496 e. The van der Waals surface area contributed by atoms with E-state index in [0.717, 1.165) is 79.2 Å². The number of hydrogen-bond acceptors (Lipinski definition) is 9. The Morgan fingerprint density at radius 1 is 1.04 bits per heavy atom. The number of halogens is 2. The van der Waals surface area contributed by atoms with Crippen LogP contribution in [0.1, 0.15) is 51.8 Å². The maximum Gasteiger partial charge on any atom is 0.257 e. The summed E-state index contributed by atoms with van der Waals surface area (Å²) in [6.45, 7) is 5.65. The molecule has 13 heteroatoms. The van der Waals surface area contributed by atoms with Crippen molar-refractivity contribution in [1.82, 2.24) is 19.4 Å². The molecule has 0 bridgehead atoms. The number of benzene rings is 3. The summed E-state index contributed by atoms with van der Waals surface area (Å²) in [6, 6.07) is 21.2. The third-order valence-corrected chi connectivity index (χ3v) is 10.4. The third-order valence-electron chi connectivity index (χ3n) is 9.71. The van der Waals surface area contributed by atoms with Gasteiger partial charge in [0.1, 0.15) is 11.8 Å². The first-order valence-electron chi connectivity index (χ1n) is 17.1. The van der Waals surface area contributed by atoms with E-state index in [0.29, 0.717) is 34.4 Å². The highest BCUT2D eigenvalue weighted by atomic mass is 35.5. The largest absolute Gasteiger partial charge is 0.496 e. The van der Waals surface area contributed by atoms with Gasteiger partial charge in [-0.15, -0.1) is 5.10 Å². The lowest BCUT2D eigenvalue weighted by Gasteiger charge is -2.28. The van der Waals surface area contributed by atoms with E-state index in [2.05, 4.69) is 48.0 Å². The summed E-state index contributed by atoms with van der Waals surface area (Å²) in [7, 11) is 3.40. The summed E-state index contributed by atoms with van der Waals surface area (Å²) in [4.78, 5) is 25.7. The first kappa shape index (κ1) is 34.7. The molecule has 2 aliphatic heterocycles. The van der Waals surface area contributed by atoms with Gasteiger partial charge in [-0.1, -0.05) is 47.5 Å². The molecular weight excluding hydrogens is 687 g/mol. The van der Waals surface area contributed by atoms with Crippen molar-refractivity contribution in [3.05, 3.63) is 112 Å². The van der Waals surface area contributed by atoms with Crippen LogP contribution in [-0.4, -0.2) is 84.9 Å². The first-order valence-corrected chi connectivity index (χ1v) is 17.9. The van der Waals surface area contributed by atoms with Crippen LogP contribution in [0.2, 0.25) is 10.0 Å². The molecule has 0 radical (unpaired) electrons. The molecule has 2 unspecified atom stereocenters. The number of amides is 1. The predicted molar refractivity (Wildman–Crippen MR) is 201 cm³/mol. The quantitative estimate of drug-likeness (QED) is 0.129. The van der Waals surface area contributed by atoms with Gasteiger partial charge < -0.3 is 28.4 Å². The van der Waals surface area contributed by atoms with E-state index < -0.39 is 0 Å². The number of nitrogens with zero attached hydrogens (tertiary/aromatic N) is 8. The maximum absolute atomic E-state index is 14.0. The second-order valence-corrected chi connectivity index (χ2v) is 13.8. The molecule has 5 aromatic rings. The zero-order chi connectivity index (χ0) is 35.3. The van der Waals surface area contributed by atoms with Gasteiger partial charge in [-0.05, 0) is 84.7 Å². The molecule has 2 aromatic heterocycles. The first-order chi connectivity index (χ1) is 24.9. The van der Waals surface area contributed by atoms with Crippen LogP contribution in [0.4, 0.5) is 5.95 Å². The smallest absolute Gasteiger partial charge is 0.257 e. The molecule has 7 rings (SSSR count). The number of fused-ring (bicyclic) bond motifs is 1. The van der Waals surface area contributed by atoms with Crippen LogP contribution in [0.15, 0.2) is 99.1 Å². The van der Waals surface area contributed by atoms with Crippen LogP contribution in [0.25, 0.3) is 11.0 Å². The topological polar surface area (TPSA) is 104 Å². The Labute approximate surface area is 307 Å². The Morgan fingerprint density at radius 2 is 1.92 bits per heavy atom. The maximum atomic E-state index is 14.0. The van der Waals surface area contributed by atoms with Crippen molar-refractivity contribution in [3.8, 4) is 5.75 Å². The van der Waals surface area contributed by atoms with Crippen LogP contribution in [-0.2, 0) is 6.54 Å².